The molecule has 19 nitrogen and oxygen atoms in total. The molecule has 1 aliphatic carbocycles. The van der Waals surface area contributed by atoms with Crippen LogP contribution in [-0.4, -0.2) is 111 Å². The number of benzene rings is 2. The van der Waals surface area contributed by atoms with Crippen molar-refractivity contribution in [3.05, 3.63) is 113 Å². The molecule has 2 fully saturated rings. The maximum Gasteiger partial charge on any atom is 0.269 e. The Kier molecular flexibility index (Phi) is 12.1. The van der Waals surface area contributed by atoms with Gasteiger partial charge in [0.1, 0.15) is 18.0 Å². The highest BCUT2D eigenvalue weighted by atomic mass is 16.5. The van der Waals surface area contributed by atoms with Crippen LogP contribution >= 0.6 is 0 Å². The number of hydrogen-bond acceptors (Lipinski definition) is 14. The van der Waals surface area contributed by atoms with Crippen LogP contribution in [0.4, 0.5) is 5.69 Å². The van der Waals surface area contributed by atoms with Crippen molar-refractivity contribution in [2.45, 2.75) is 44.1 Å². The number of imide groups is 2. The quantitative estimate of drug-likeness (QED) is 0.0530. The number of nitrogens with zero attached hydrogens (tertiary/aromatic N) is 5. The number of aromatic nitrogens is 4. The van der Waals surface area contributed by atoms with Crippen molar-refractivity contribution in [2.24, 2.45) is 5.73 Å². The highest BCUT2D eigenvalue weighted by Crippen LogP contribution is 2.40. The fraction of sp³-hybridized carbons (Fsp3) is 0.302. The molecule has 1 unspecified atom stereocenters. The number of ketones is 1. The van der Waals surface area contributed by atoms with E-state index in [1.807, 2.05) is 6.07 Å². The Morgan fingerprint density at radius 1 is 0.919 bits per heavy atom. The highest BCUT2D eigenvalue weighted by molar-refractivity contribution is 6.25. The van der Waals surface area contributed by atoms with E-state index in [1.165, 1.54) is 23.2 Å². The van der Waals surface area contributed by atoms with E-state index < -0.39 is 35.6 Å². The van der Waals surface area contributed by atoms with Crippen molar-refractivity contribution in [2.75, 3.05) is 44.8 Å². The topological polar surface area (TPSA) is 260 Å². The zero-order valence-corrected chi connectivity index (χ0v) is 33.3. The summed E-state index contributed by atoms with van der Waals surface area (Å²) in [6, 6.07) is 14.0. The minimum Gasteiger partial charge on any atom is -0.444 e. The molecule has 1 atom stereocenters. The summed E-state index contributed by atoms with van der Waals surface area (Å²) < 4.78 is 18.2. The normalized spacial score (nSPS) is 16.0. The number of ether oxygens (including phenoxy) is 2. The number of amides is 6. The summed E-state index contributed by atoms with van der Waals surface area (Å²) in [4.78, 5) is 98.2. The van der Waals surface area contributed by atoms with Crippen LogP contribution in [0.2, 0.25) is 0 Å². The van der Waals surface area contributed by atoms with Crippen LogP contribution in [0, 0.1) is 0 Å². The molecule has 0 bridgehead atoms. The first-order chi connectivity index (χ1) is 30.0. The SMILES string of the molecule is NC(=O)c1nn(-c2ccc(C(=O)NCCOCCOCCNc3cccc4c3C(=O)N(C3CCC(=O)NC3=O)C4=O)cc2)cc1CC(=O)c1coc(-c2ccnc(C3CC3)c2)n1. The fourth-order valence-corrected chi connectivity index (χ4v) is 7.21. The molecule has 1 saturated heterocycles. The Hall–Kier alpha value is -7.38. The molecular weight excluding hydrogens is 803 g/mol. The predicted octanol–water partition coefficient (Wildman–Crippen LogP) is 2.60. The second-order valence-corrected chi connectivity index (χ2v) is 14.8. The van der Waals surface area contributed by atoms with E-state index in [0.717, 1.165) is 29.0 Å². The van der Waals surface area contributed by atoms with E-state index >= 15 is 0 Å². The van der Waals surface area contributed by atoms with Gasteiger partial charge in [-0.15, -0.1) is 0 Å². The van der Waals surface area contributed by atoms with Gasteiger partial charge in [0.25, 0.3) is 23.6 Å². The Bertz CT molecular complexity index is 2580. The molecular formula is C43H41N9O10. The minimum atomic E-state index is -1.05. The monoisotopic (exact) mass is 843 g/mol. The lowest BCUT2D eigenvalue weighted by Gasteiger charge is -2.27. The van der Waals surface area contributed by atoms with Crippen molar-refractivity contribution in [1.29, 1.82) is 0 Å². The molecule has 2 aliphatic heterocycles. The van der Waals surface area contributed by atoms with Gasteiger partial charge in [-0.2, -0.15) is 5.10 Å². The Balaban J connectivity index is 0.745. The number of pyridine rings is 1. The summed E-state index contributed by atoms with van der Waals surface area (Å²) in [5.74, 6) is -3.07. The standard InChI is InChI=1S/C43H41N9O10/c44-38(55)37-27(21-34(53)32-23-62-41(48-32)26-12-13-45-31(20-26)24-4-5-24)22-51(50-37)28-8-6-25(7-9-28)39(56)47-15-17-61-19-18-60-16-14-46-30-3-1-2-29-36(30)43(59)52(42(29)58)33-10-11-35(54)49-40(33)57/h1-3,6-9,12-13,20,22-24,33,46H,4-5,10-11,14-19,21H2,(H2,44,55)(H,47,56)(H,49,54,57). The summed E-state index contributed by atoms with van der Waals surface area (Å²) in [5.41, 5.74) is 9.33. The smallest absolute Gasteiger partial charge is 0.269 e. The minimum absolute atomic E-state index is 0.0371. The molecule has 5 N–H and O–H groups in total. The summed E-state index contributed by atoms with van der Waals surface area (Å²) in [6.45, 7) is 1.57. The average molecular weight is 844 g/mol. The maximum absolute atomic E-state index is 13.2. The van der Waals surface area contributed by atoms with E-state index in [2.05, 4.69) is 31.0 Å². The number of anilines is 1. The van der Waals surface area contributed by atoms with E-state index in [9.17, 15) is 33.6 Å². The van der Waals surface area contributed by atoms with Crippen molar-refractivity contribution in [1.82, 2.24) is 35.3 Å². The number of primary amides is 1. The van der Waals surface area contributed by atoms with E-state index in [0.29, 0.717) is 40.9 Å². The molecule has 5 heterocycles. The molecule has 1 saturated carbocycles. The van der Waals surface area contributed by atoms with Crippen LogP contribution < -0.4 is 21.7 Å². The number of fused-ring (bicyclic) bond motifs is 1. The summed E-state index contributed by atoms with van der Waals surface area (Å²) in [6.07, 6.45) is 6.62. The molecule has 0 radical (unpaired) electrons. The van der Waals surface area contributed by atoms with Crippen LogP contribution in [0.5, 0.6) is 0 Å². The first-order valence-corrected chi connectivity index (χ1v) is 20.0. The van der Waals surface area contributed by atoms with Crippen molar-refractivity contribution < 1.29 is 47.5 Å². The molecule has 2 aromatic carbocycles. The molecule has 5 aromatic rings. The summed E-state index contributed by atoms with van der Waals surface area (Å²) >= 11 is 0. The number of carbonyl (C=O) groups excluding carboxylic acids is 7. The van der Waals surface area contributed by atoms with Crippen molar-refractivity contribution in [3.8, 4) is 17.1 Å². The van der Waals surface area contributed by atoms with Crippen LogP contribution in [0.1, 0.15) is 94.9 Å². The number of Topliss-reactive ketones (excluding diaryl/α,β-unsaturated/α-hetero) is 1. The first-order valence-electron chi connectivity index (χ1n) is 20.0. The van der Waals surface area contributed by atoms with Gasteiger partial charge in [0, 0.05) is 72.3 Å². The third-order valence-corrected chi connectivity index (χ3v) is 10.5. The van der Waals surface area contributed by atoms with Crippen LogP contribution in [0.15, 0.2) is 77.7 Å². The van der Waals surface area contributed by atoms with Crippen molar-refractivity contribution >= 4 is 46.9 Å². The number of nitrogens with two attached hydrogens (primary N) is 1. The summed E-state index contributed by atoms with van der Waals surface area (Å²) in [5, 5.41) is 12.4. The summed E-state index contributed by atoms with van der Waals surface area (Å²) in [7, 11) is 0. The zero-order valence-electron chi connectivity index (χ0n) is 33.3. The van der Waals surface area contributed by atoms with Gasteiger partial charge in [0.15, 0.2) is 11.5 Å². The average Bonchev–Trinajstić information content (AvgIpc) is 3.74. The Morgan fingerprint density at radius 2 is 1.69 bits per heavy atom. The molecule has 6 amide bonds. The third kappa shape index (κ3) is 9.03. The second kappa shape index (κ2) is 18.1. The number of piperidine rings is 1. The van der Waals surface area contributed by atoms with Gasteiger partial charge >= 0.3 is 0 Å². The Morgan fingerprint density at radius 3 is 2.44 bits per heavy atom. The number of nitrogens with one attached hydrogen (secondary N) is 3. The molecule has 3 aliphatic rings. The molecule has 318 valence electrons. The lowest BCUT2D eigenvalue weighted by atomic mass is 10.0. The van der Waals surface area contributed by atoms with Gasteiger partial charge in [0.2, 0.25) is 17.7 Å². The van der Waals surface area contributed by atoms with Crippen molar-refractivity contribution in [3.63, 3.8) is 0 Å². The fourth-order valence-electron chi connectivity index (χ4n) is 7.21. The number of carbonyl (C=O) groups is 7. The van der Waals surface area contributed by atoms with Gasteiger partial charge < -0.3 is 30.3 Å². The lowest BCUT2D eigenvalue weighted by molar-refractivity contribution is -0.136. The maximum atomic E-state index is 13.2. The highest BCUT2D eigenvalue weighted by Gasteiger charge is 2.45. The van der Waals surface area contributed by atoms with Crippen LogP contribution in [0.3, 0.4) is 0 Å². The largest absolute Gasteiger partial charge is 0.444 e. The van der Waals surface area contributed by atoms with Crippen LogP contribution in [-0.2, 0) is 25.5 Å². The van der Waals surface area contributed by atoms with Gasteiger partial charge in [-0.3, -0.25) is 48.8 Å². The first kappa shape index (κ1) is 41.4. The van der Waals surface area contributed by atoms with E-state index in [4.69, 9.17) is 19.6 Å². The number of rotatable bonds is 19. The van der Waals surface area contributed by atoms with Crippen LogP contribution in [0.25, 0.3) is 17.1 Å². The second-order valence-electron chi connectivity index (χ2n) is 14.8. The number of hydrogen-bond donors (Lipinski definition) is 4. The molecule has 8 rings (SSSR count). The predicted molar refractivity (Wildman–Crippen MR) is 217 cm³/mol. The van der Waals surface area contributed by atoms with Gasteiger partial charge in [-0.05, 0) is 67.8 Å². The molecule has 3 aromatic heterocycles. The third-order valence-electron chi connectivity index (χ3n) is 10.5. The van der Waals surface area contributed by atoms with Gasteiger partial charge in [0.05, 0.1) is 43.2 Å². The molecule has 0 spiro atoms. The lowest BCUT2D eigenvalue weighted by Crippen LogP contribution is -2.54. The molecule has 62 heavy (non-hydrogen) atoms. The van der Waals surface area contributed by atoms with E-state index in [1.54, 1.807) is 48.7 Å². The zero-order chi connectivity index (χ0) is 43.3. The van der Waals surface area contributed by atoms with Gasteiger partial charge in [-0.1, -0.05) is 6.07 Å². The number of oxazole rings is 1. The Labute approximate surface area is 353 Å². The van der Waals surface area contributed by atoms with Gasteiger partial charge in [-0.25, -0.2) is 9.67 Å². The molecule has 19 heteroatoms. The van der Waals surface area contributed by atoms with E-state index in [-0.39, 0.29) is 86.4 Å².